The predicted molar refractivity (Wildman–Crippen MR) is 127 cm³/mol. The van der Waals surface area contributed by atoms with Crippen molar-refractivity contribution in [2.75, 3.05) is 10.6 Å². The summed E-state index contributed by atoms with van der Waals surface area (Å²) in [6.45, 7) is 6.21. The number of carbonyl (C=O) groups excluding carboxylic acids is 1. The van der Waals surface area contributed by atoms with Crippen molar-refractivity contribution < 1.29 is 4.79 Å². The van der Waals surface area contributed by atoms with Crippen molar-refractivity contribution in [3.63, 3.8) is 0 Å². The number of pyridine rings is 1. The minimum absolute atomic E-state index is 0.202. The summed E-state index contributed by atoms with van der Waals surface area (Å²) in [7, 11) is 0. The van der Waals surface area contributed by atoms with E-state index in [9.17, 15) is 4.79 Å². The van der Waals surface area contributed by atoms with Crippen molar-refractivity contribution in [2.24, 2.45) is 0 Å². The quantitative estimate of drug-likeness (QED) is 0.363. The molecule has 8 heteroatoms. The highest BCUT2D eigenvalue weighted by atomic mass is 35.5. The summed E-state index contributed by atoms with van der Waals surface area (Å²) >= 11 is 12.2. The minimum Gasteiger partial charge on any atom is -0.306 e. The normalized spacial score (nSPS) is 11.5. The first-order chi connectivity index (χ1) is 14.7. The van der Waals surface area contributed by atoms with Crippen LogP contribution in [-0.4, -0.2) is 20.8 Å². The van der Waals surface area contributed by atoms with Gasteiger partial charge in [0.25, 0.3) is 0 Å². The van der Waals surface area contributed by atoms with Crippen molar-refractivity contribution in [3.8, 4) is 5.69 Å². The summed E-state index contributed by atoms with van der Waals surface area (Å²) in [4.78, 5) is 17.1. The number of benzene rings is 2. The number of aromatic nitrogens is 3. The maximum Gasteiger partial charge on any atom is 0.324 e. The number of nitrogens with zero attached hydrogens (tertiary/aromatic N) is 3. The molecule has 158 valence electrons. The van der Waals surface area contributed by atoms with Gasteiger partial charge in [-0.1, -0.05) is 56.1 Å². The van der Waals surface area contributed by atoms with Crippen LogP contribution in [0.1, 0.15) is 26.5 Å². The molecule has 6 nitrogen and oxygen atoms in total. The number of urea groups is 1. The molecule has 2 aromatic heterocycles. The molecule has 2 aromatic carbocycles. The van der Waals surface area contributed by atoms with Crippen LogP contribution in [0.3, 0.4) is 0 Å². The van der Waals surface area contributed by atoms with Crippen LogP contribution >= 0.6 is 23.2 Å². The smallest absolute Gasteiger partial charge is 0.306 e. The van der Waals surface area contributed by atoms with Crippen LogP contribution in [-0.2, 0) is 5.41 Å². The zero-order valence-corrected chi connectivity index (χ0v) is 18.8. The molecule has 2 N–H and O–H groups in total. The lowest BCUT2D eigenvalue weighted by Gasteiger charge is -2.14. The molecule has 0 bridgehead atoms. The SMILES string of the molecule is CC(C)(C)c1cc(NC(=O)Nc2cccc(Cl)c2Cl)n(-c2ccc3ncccc3c2)n1. The summed E-state index contributed by atoms with van der Waals surface area (Å²) in [5.41, 5.74) is 2.76. The molecule has 0 atom stereocenters. The molecule has 0 saturated carbocycles. The molecule has 2 amide bonds. The fourth-order valence-corrected chi connectivity index (χ4v) is 3.45. The maximum atomic E-state index is 12.7. The average molecular weight is 454 g/mol. The van der Waals surface area contributed by atoms with E-state index in [1.165, 1.54) is 0 Å². The van der Waals surface area contributed by atoms with Gasteiger partial charge in [0, 0.05) is 23.1 Å². The van der Waals surface area contributed by atoms with Crippen LogP contribution in [0.5, 0.6) is 0 Å². The summed E-state index contributed by atoms with van der Waals surface area (Å²) in [5.74, 6) is 0.531. The van der Waals surface area contributed by atoms with E-state index in [4.69, 9.17) is 28.3 Å². The van der Waals surface area contributed by atoms with Gasteiger partial charge in [-0.25, -0.2) is 9.48 Å². The Labute approximate surface area is 190 Å². The number of rotatable bonds is 3. The van der Waals surface area contributed by atoms with Crippen LogP contribution in [0.4, 0.5) is 16.3 Å². The van der Waals surface area contributed by atoms with E-state index in [0.29, 0.717) is 16.5 Å². The zero-order chi connectivity index (χ0) is 22.2. The van der Waals surface area contributed by atoms with Crippen LogP contribution in [0.25, 0.3) is 16.6 Å². The molecule has 0 aliphatic carbocycles. The van der Waals surface area contributed by atoms with Crippen molar-refractivity contribution >= 4 is 51.6 Å². The van der Waals surface area contributed by atoms with E-state index in [1.54, 1.807) is 29.1 Å². The minimum atomic E-state index is -0.451. The highest BCUT2D eigenvalue weighted by Crippen LogP contribution is 2.30. The van der Waals surface area contributed by atoms with Gasteiger partial charge in [-0.05, 0) is 36.4 Å². The first-order valence-corrected chi connectivity index (χ1v) is 10.5. The van der Waals surface area contributed by atoms with Gasteiger partial charge in [0.05, 0.1) is 32.6 Å². The van der Waals surface area contributed by atoms with Gasteiger partial charge >= 0.3 is 6.03 Å². The first-order valence-electron chi connectivity index (χ1n) is 9.70. The Morgan fingerprint density at radius 1 is 1.00 bits per heavy atom. The van der Waals surface area contributed by atoms with E-state index in [2.05, 4.69) is 36.4 Å². The summed E-state index contributed by atoms with van der Waals surface area (Å²) < 4.78 is 1.71. The zero-order valence-electron chi connectivity index (χ0n) is 17.3. The van der Waals surface area contributed by atoms with Crippen molar-refractivity contribution in [3.05, 3.63) is 76.5 Å². The Hall–Kier alpha value is -3.09. The molecular formula is C23H21Cl2N5O. The lowest BCUT2D eigenvalue weighted by molar-refractivity contribution is 0.262. The van der Waals surface area contributed by atoms with Crippen LogP contribution in [0.2, 0.25) is 10.0 Å². The lowest BCUT2D eigenvalue weighted by atomic mass is 9.92. The van der Waals surface area contributed by atoms with Crippen molar-refractivity contribution in [1.29, 1.82) is 0 Å². The Bertz CT molecular complexity index is 1280. The van der Waals surface area contributed by atoms with Gasteiger partial charge in [0.2, 0.25) is 0 Å². The van der Waals surface area contributed by atoms with Gasteiger partial charge in [-0.3, -0.25) is 10.3 Å². The van der Waals surface area contributed by atoms with Gasteiger partial charge in [-0.2, -0.15) is 5.10 Å². The summed E-state index contributed by atoms with van der Waals surface area (Å²) in [6, 6.07) is 16.2. The molecule has 0 fully saturated rings. The first kappa shape index (κ1) is 21.2. The van der Waals surface area contributed by atoms with Gasteiger partial charge < -0.3 is 5.32 Å². The molecule has 2 heterocycles. The third-order valence-electron chi connectivity index (χ3n) is 4.75. The second kappa shape index (κ2) is 8.21. The van der Waals surface area contributed by atoms with Crippen LogP contribution in [0.15, 0.2) is 60.8 Å². The number of amides is 2. The molecule has 0 spiro atoms. The summed E-state index contributed by atoms with van der Waals surface area (Å²) in [5, 5.41) is 12.0. The number of hydrogen-bond acceptors (Lipinski definition) is 3. The number of carbonyl (C=O) groups is 1. The molecular weight excluding hydrogens is 433 g/mol. The summed E-state index contributed by atoms with van der Waals surface area (Å²) in [6.07, 6.45) is 1.76. The van der Waals surface area contributed by atoms with E-state index >= 15 is 0 Å². The van der Waals surface area contributed by atoms with Crippen molar-refractivity contribution in [1.82, 2.24) is 14.8 Å². The highest BCUT2D eigenvalue weighted by molar-refractivity contribution is 6.44. The number of halogens is 2. The number of nitrogens with one attached hydrogen (secondary N) is 2. The molecule has 4 aromatic rings. The standard InChI is InChI=1S/C23H21Cl2N5O/c1-23(2,3)19-13-20(28-22(31)27-18-8-4-7-16(24)21(18)25)30(29-19)15-9-10-17-14(12-15)6-5-11-26-17/h4-13H,1-3H3,(H2,27,28,31). The number of fused-ring (bicyclic) bond motifs is 1. The number of anilines is 2. The van der Waals surface area contributed by atoms with E-state index in [-0.39, 0.29) is 10.4 Å². The second-order valence-corrected chi connectivity index (χ2v) is 8.92. The van der Waals surface area contributed by atoms with E-state index in [0.717, 1.165) is 22.3 Å². The fourth-order valence-electron chi connectivity index (χ4n) is 3.10. The highest BCUT2D eigenvalue weighted by Gasteiger charge is 2.22. The van der Waals surface area contributed by atoms with Gasteiger partial charge in [0.15, 0.2) is 0 Å². The molecule has 0 aliphatic heterocycles. The topological polar surface area (TPSA) is 71.8 Å². The lowest BCUT2D eigenvalue weighted by Crippen LogP contribution is -2.21. The Morgan fingerprint density at radius 2 is 1.81 bits per heavy atom. The Kier molecular flexibility index (Phi) is 5.60. The Balaban J connectivity index is 1.70. The van der Waals surface area contributed by atoms with Crippen molar-refractivity contribution in [2.45, 2.75) is 26.2 Å². The van der Waals surface area contributed by atoms with E-state index < -0.39 is 6.03 Å². The monoisotopic (exact) mass is 453 g/mol. The molecule has 31 heavy (non-hydrogen) atoms. The molecule has 4 rings (SSSR count). The van der Waals surface area contributed by atoms with Crippen LogP contribution < -0.4 is 10.6 Å². The van der Waals surface area contributed by atoms with Gasteiger partial charge in [0.1, 0.15) is 5.82 Å². The second-order valence-electron chi connectivity index (χ2n) is 8.14. The average Bonchev–Trinajstić information content (AvgIpc) is 3.15. The molecule has 0 aliphatic rings. The molecule has 0 saturated heterocycles. The fraction of sp³-hybridized carbons (Fsp3) is 0.174. The molecule has 0 radical (unpaired) electrons. The Morgan fingerprint density at radius 3 is 2.58 bits per heavy atom. The number of hydrogen-bond donors (Lipinski definition) is 2. The maximum absolute atomic E-state index is 12.7. The van der Waals surface area contributed by atoms with Gasteiger partial charge in [-0.15, -0.1) is 0 Å². The third-order valence-corrected chi connectivity index (χ3v) is 5.57. The predicted octanol–water partition coefficient (Wildman–Crippen LogP) is 6.67. The van der Waals surface area contributed by atoms with Crippen LogP contribution in [0, 0.1) is 0 Å². The third kappa shape index (κ3) is 4.50. The van der Waals surface area contributed by atoms with E-state index in [1.807, 2.05) is 36.4 Å². The largest absolute Gasteiger partial charge is 0.324 e. The molecule has 0 unspecified atom stereocenters.